The Labute approximate surface area is 161 Å². The van der Waals surface area contributed by atoms with Crippen LogP contribution in [0.5, 0.6) is 0 Å². The largest absolute Gasteiger partial charge is 0.475 e. The first-order valence-corrected chi connectivity index (χ1v) is 10.5. The van der Waals surface area contributed by atoms with Gasteiger partial charge in [-0.1, -0.05) is 12.2 Å². The number of carbonyl (C=O) groups is 1. The van der Waals surface area contributed by atoms with E-state index in [4.69, 9.17) is 18.3 Å². The summed E-state index contributed by atoms with van der Waals surface area (Å²) in [4.78, 5) is 13.9. The van der Waals surface area contributed by atoms with Crippen molar-refractivity contribution in [1.82, 2.24) is 0 Å². The van der Waals surface area contributed by atoms with Crippen molar-refractivity contribution in [2.45, 2.75) is 26.7 Å². The molecule has 0 saturated carbocycles. The second kappa shape index (κ2) is 12.7. The molecule has 1 aromatic carbocycles. The average molecular weight is 399 g/mol. The first kappa shape index (κ1) is 23.4. The van der Waals surface area contributed by atoms with Crippen LogP contribution in [0.15, 0.2) is 36.4 Å². The molecule has 0 unspecified atom stereocenters. The highest BCUT2D eigenvalue weighted by atomic mass is 31.2. The Balaban J connectivity index is 2.23. The van der Waals surface area contributed by atoms with Gasteiger partial charge in [-0.05, 0) is 51.0 Å². The van der Waals surface area contributed by atoms with Crippen LogP contribution in [-0.4, -0.2) is 46.5 Å². The first-order valence-electron chi connectivity index (χ1n) is 9.05. The van der Waals surface area contributed by atoms with E-state index in [9.17, 15) is 9.36 Å². The molecule has 0 aliphatic carbocycles. The fraction of sp³-hybridized carbons (Fsp3) is 0.526. The van der Waals surface area contributed by atoms with Crippen molar-refractivity contribution in [3.8, 4) is 0 Å². The predicted molar refractivity (Wildman–Crippen MR) is 106 cm³/mol. The van der Waals surface area contributed by atoms with E-state index >= 15 is 0 Å². The van der Waals surface area contributed by atoms with Gasteiger partial charge in [-0.25, -0.2) is 9.36 Å². The van der Waals surface area contributed by atoms with E-state index in [1.807, 2.05) is 37.2 Å². The Hall–Kier alpha value is -1.66. The lowest BCUT2D eigenvalue weighted by atomic mass is 10.2. The van der Waals surface area contributed by atoms with Crippen molar-refractivity contribution in [3.63, 3.8) is 0 Å². The SMILES string of the molecule is CCOP(=O)(OCC)OC/C=C\CCCOC(=O)c1ccc(N(C)C)cc1. The van der Waals surface area contributed by atoms with Crippen LogP contribution >= 0.6 is 7.82 Å². The fourth-order valence-electron chi connectivity index (χ4n) is 2.09. The summed E-state index contributed by atoms with van der Waals surface area (Å²) in [6.07, 6.45) is 5.02. The summed E-state index contributed by atoms with van der Waals surface area (Å²) in [5.41, 5.74) is 1.56. The lowest BCUT2D eigenvalue weighted by molar-refractivity contribution is 0.0501. The molecule has 1 rings (SSSR count). The number of nitrogens with zero attached hydrogens (tertiary/aromatic N) is 1. The third kappa shape index (κ3) is 9.20. The molecule has 0 N–H and O–H groups in total. The van der Waals surface area contributed by atoms with Gasteiger partial charge in [0.2, 0.25) is 0 Å². The summed E-state index contributed by atoms with van der Waals surface area (Å²) in [6.45, 7) is 4.42. The number of phosphoric ester groups is 1. The minimum atomic E-state index is -3.46. The third-order valence-electron chi connectivity index (χ3n) is 3.44. The maximum Gasteiger partial charge on any atom is 0.475 e. The van der Waals surface area contributed by atoms with Gasteiger partial charge in [-0.3, -0.25) is 13.6 Å². The second-order valence-electron chi connectivity index (χ2n) is 5.77. The minimum absolute atomic E-state index is 0.134. The summed E-state index contributed by atoms with van der Waals surface area (Å²) >= 11 is 0. The van der Waals surface area contributed by atoms with Crippen molar-refractivity contribution in [3.05, 3.63) is 42.0 Å². The highest BCUT2D eigenvalue weighted by molar-refractivity contribution is 7.48. The lowest BCUT2D eigenvalue weighted by Crippen LogP contribution is -2.10. The fourth-order valence-corrected chi connectivity index (χ4v) is 3.22. The number of phosphoric acid groups is 1. The molecule has 152 valence electrons. The van der Waals surface area contributed by atoms with E-state index in [-0.39, 0.29) is 25.8 Å². The van der Waals surface area contributed by atoms with E-state index in [1.165, 1.54) is 0 Å². The maximum atomic E-state index is 12.1. The van der Waals surface area contributed by atoms with E-state index in [1.54, 1.807) is 32.1 Å². The number of anilines is 1. The zero-order chi connectivity index (χ0) is 20.1. The molecular weight excluding hydrogens is 369 g/mol. The van der Waals surface area contributed by atoms with Crippen molar-refractivity contribution in [2.75, 3.05) is 45.4 Å². The van der Waals surface area contributed by atoms with Crippen LogP contribution in [0.4, 0.5) is 5.69 Å². The Morgan fingerprint density at radius 2 is 1.67 bits per heavy atom. The number of carbonyl (C=O) groups excluding carboxylic acids is 1. The van der Waals surface area contributed by atoms with Crippen molar-refractivity contribution >= 4 is 19.5 Å². The number of unbranched alkanes of at least 4 members (excludes halogenated alkanes) is 1. The van der Waals surface area contributed by atoms with Gasteiger partial charge in [0.1, 0.15) is 0 Å². The van der Waals surface area contributed by atoms with Crippen LogP contribution in [-0.2, 0) is 22.9 Å². The molecule has 0 fully saturated rings. The highest BCUT2D eigenvalue weighted by Crippen LogP contribution is 2.49. The van der Waals surface area contributed by atoms with Gasteiger partial charge < -0.3 is 9.64 Å². The number of esters is 1. The Morgan fingerprint density at radius 1 is 1.04 bits per heavy atom. The zero-order valence-corrected chi connectivity index (χ0v) is 17.4. The molecule has 0 amide bonds. The average Bonchev–Trinajstić information content (AvgIpc) is 2.64. The molecule has 0 aliphatic rings. The van der Waals surface area contributed by atoms with Crippen molar-refractivity contribution < 1.29 is 27.7 Å². The Morgan fingerprint density at radius 3 is 2.22 bits per heavy atom. The molecule has 0 aromatic heterocycles. The van der Waals surface area contributed by atoms with Crippen LogP contribution in [0.25, 0.3) is 0 Å². The standard InChI is InChI=1S/C19H30NO6P/c1-5-24-27(22,25-6-2)26-16-10-8-7-9-15-23-19(21)17-11-13-18(14-12-17)20(3)4/h8,10-14H,5-7,9,15-16H2,1-4H3/b10-8-. The number of benzene rings is 1. The smallest absolute Gasteiger partial charge is 0.462 e. The van der Waals surface area contributed by atoms with Crippen LogP contribution < -0.4 is 4.90 Å². The van der Waals surface area contributed by atoms with Gasteiger partial charge in [0, 0.05) is 19.8 Å². The number of allylic oxidation sites excluding steroid dienone is 1. The molecular formula is C19H30NO6P. The molecule has 0 spiro atoms. The quantitative estimate of drug-likeness (QED) is 0.210. The molecule has 0 heterocycles. The first-order chi connectivity index (χ1) is 12.9. The van der Waals surface area contributed by atoms with Crippen LogP contribution in [0.1, 0.15) is 37.0 Å². The lowest BCUT2D eigenvalue weighted by Gasteiger charge is -2.15. The molecule has 8 heteroatoms. The molecule has 0 bridgehead atoms. The Bertz CT molecular complexity index is 620. The normalized spacial score (nSPS) is 11.7. The number of hydrogen-bond acceptors (Lipinski definition) is 7. The number of ether oxygens (including phenoxy) is 1. The van der Waals surface area contributed by atoms with Crippen LogP contribution in [0, 0.1) is 0 Å². The number of rotatable bonds is 13. The minimum Gasteiger partial charge on any atom is -0.462 e. The maximum absolute atomic E-state index is 12.1. The molecule has 0 atom stereocenters. The van der Waals surface area contributed by atoms with Gasteiger partial charge in [-0.15, -0.1) is 0 Å². The van der Waals surface area contributed by atoms with Gasteiger partial charge >= 0.3 is 13.8 Å². The zero-order valence-electron chi connectivity index (χ0n) is 16.6. The molecule has 7 nitrogen and oxygen atoms in total. The topological polar surface area (TPSA) is 74.3 Å². The molecule has 0 radical (unpaired) electrons. The second-order valence-corrected chi connectivity index (χ2v) is 7.44. The monoisotopic (exact) mass is 399 g/mol. The van der Waals surface area contributed by atoms with E-state index in [0.717, 1.165) is 5.69 Å². The van der Waals surface area contributed by atoms with Crippen molar-refractivity contribution in [1.29, 1.82) is 0 Å². The van der Waals surface area contributed by atoms with E-state index < -0.39 is 7.82 Å². The summed E-state index contributed by atoms with van der Waals surface area (Å²) in [6, 6.07) is 7.26. The Kier molecular flexibility index (Phi) is 11.0. The van der Waals surface area contributed by atoms with Crippen LogP contribution in [0.3, 0.4) is 0 Å². The van der Waals surface area contributed by atoms with E-state index in [2.05, 4.69) is 0 Å². The molecule has 0 saturated heterocycles. The molecule has 27 heavy (non-hydrogen) atoms. The summed E-state index contributed by atoms with van der Waals surface area (Å²) in [7, 11) is 0.424. The molecule has 0 aliphatic heterocycles. The predicted octanol–water partition coefficient (Wildman–Crippen LogP) is 4.44. The summed E-state index contributed by atoms with van der Waals surface area (Å²) in [5.74, 6) is -0.331. The summed E-state index contributed by atoms with van der Waals surface area (Å²) < 4.78 is 32.5. The van der Waals surface area contributed by atoms with E-state index in [0.29, 0.717) is 25.0 Å². The van der Waals surface area contributed by atoms with Crippen molar-refractivity contribution in [2.24, 2.45) is 0 Å². The van der Waals surface area contributed by atoms with Gasteiger partial charge in [-0.2, -0.15) is 0 Å². The van der Waals surface area contributed by atoms with Gasteiger partial charge in [0.25, 0.3) is 0 Å². The summed E-state index contributed by atoms with van der Waals surface area (Å²) in [5, 5.41) is 0. The highest BCUT2D eigenvalue weighted by Gasteiger charge is 2.24. The van der Waals surface area contributed by atoms with Gasteiger partial charge in [0.05, 0.1) is 32.0 Å². The number of hydrogen-bond donors (Lipinski definition) is 0. The van der Waals surface area contributed by atoms with Crippen LogP contribution in [0.2, 0.25) is 0 Å². The molecule has 1 aromatic rings. The third-order valence-corrected chi connectivity index (χ3v) is 5.05. The van der Waals surface area contributed by atoms with Gasteiger partial charge in [0.15, 0.2) is 0 Å².